The highest BCUT2D eigenvalue weighted by molar-refractivity contribution is 8.23. The van der Waals surface area contributed by atoms with Crippen LogP contribution in [0.1, 0.15) is 5.56 Å². The molecule has 104 valence electrons. The van der Waals surface area contributed by atoms with E-state index in [0.29, 0.717) is 0 Å². The number of nitrogens with one attached hydrogen (secondary N) is 1. The highest BCUT2D eigenvalue weighted by Gasteiger charge is 2.01. The zero-order valence-electron chi connectivity index (χ0n) is 11.7. The van der Waals surface area contributed by atoms with Crippen molar-refractivity contribution in [3.05, 3.63) is 60.2 Å². The van der Waals surface area contributed by atoms with Crippen molar-refractivity contribution in [2.45, 2.75) is 11.4 Å². The van der Waals surface area contributed by atoms with Gasteiger partial charge in [0.1, 0.15) is 4.32 Å². The second-order valence-corrected chi connectivity index (χ2v) is 6.37. The van der Waals surface area contributed by atoms with Gasteiger partial charge in [0.05, 0.1) is 0 Å². The minimum absolute atomic E-state index is 0.766. The number of hydrogen-bond donors (Lipinski definition) is 1. The van der Waals surface area contributed by atoms with Crippen LogP contribution >= 0.6 is 24.0 Å². The van der Waals surface area contributed by atoms with Gasteiger partial charge in [-0.15, -0.1) is 0 Å². The maximum atomic E-state index is 5.36. The fourth-order valence-electron chi connectivity index (χ4n) is 1.73. The van der Waals surface area contributed by atoms with Gasteiger partial charge in [0.15, 0.2) is 0 Å². The Balaban J connectivity index is 1.85. The summed E-state index contributed by atoms with van der Waals surface area (Å²) in [5.74, 6) is 0. The van der Waals surface area contributed by atoms with E-state index in [1.807, 2.05) is 32.3 Å². The lowest BCUT2D eigenvalue weighted by atomic mass is 10.2. The first kappa shape index (κ1) is 14.9. The van der Waals surface area contributed by atoms with Gasteiger partial charge in [0, 0.05) is 31.2 Å². The Hall–Kier alpha value is -1.52. The maximum Gasteiger partial charge on any atom is 0.138 e. The number of anilines is 1. The zero-order chi connectivity index (χ0) is 14.4. The molecule has 0 bridgehead atoms. The molecule has 0 aliphatic carbocycles. The van der Waals surface area contributed by atoms with E-state index in [2.05, 4.69) is 46.6 Å². The lowest BCUT2D eigenvalue weighted by Gasteiger charge is -2.13. The Labute approximate surface area is 130 Å². The summed E-state index contributed by atoms with van der Waals surface area (Å²) in [6.45, 7) is 0.766. The van der Waals surface area contributed by atoms with Crippen molar-refractivity contribution in [1.29, 1.82) is 0 Å². The summed E-state index contributed by atoms with van der Waals surface area (Å²) in [5.41, 5.74) is 2.43. The first-order valence-electron chi connectivity index (χ1n) is 6.42. The molecule has 2 nitrogen and oxygen atoms in total. The predicted octanol–water partition coefficient (Wildman–Crippen LogP) is 3.92. The number of nitrogens with zero attached hydrogens (tertiary/aromatic N) is 1. The second kappa shape index (κ2) is 7.31. The van der Waals surface area contributed by atoms with E-state index in [4.69, 9.17) is 12.2 Å². The molecule has 0 fully saturated rings. The fourth-order valence-corrected chi connectivity index (χ4v) is 2.72. The molecule has 0 saturated heterocycles. The average molecular weight is 302 g/mol. The van der Waals surface area contributed by atoms with Crippen LogP contribution in [0.4, 0.5) is 5.69 Å². The van der Waals surface area contributed by atoms with E-state index >= 15 is 0 Å². The van der Waals surface area contributed by atoms with Gasteiger partial charge in [0.25, 0.3) is 0 Å². The molecule has 20 heavy (non-hydrogen) atoms. The van der Waals surface area contributed by atoms with Crippen LogP contribution in [0.25, 0.3) is 0 Å². The molecular weight excluding hydrogens is 284 g/mol. The third kappa shape index (κ3) is 4.54. The standard InChI is InChI=1S/C16H18N2S2/c1-18(2)14-8-10-15(11-9-14)20-16(19)17-12-13-6-4-3-5-7-13/h3-11H,12H2,1-2H3,(H,17,19). The van der Waals surface area contributed by atoms with Gasteiger partial charge in [-0.05, 0) is 29.8 Å². The van der Waals surface area contributed by atoms with Gasteiger partial charge < -0.3 is 10.2 Å². The number of thiocarbonyl (C=S) groups is 1. The smallest absolute Gasteiger partial charge is 0.138 e. The summed E-state index contributed by atoms with van der Waals surface area (Å²) in [6, 6.07) is 18.7. The van der Waals surface area contributed by atoms with Gasteiger partial charge in [-0.25, -0.2) is 0 Å². The van der Waals surface area contributed by atoms with Gasteiger partial charge in [-0.1, -0.05) is 54.3 Å². The summed E-state index contributed by atoms with van der Waals surface area (Å²) < 4.78 is 0.798. The van der Waals surface area contributed by atoms with Crippen molar-refractivity contribution in [1.82, 2.24) is 5.32 Å². The third-order valence-corrected chi connectivity index (χ3v) is 4.08. The van der Waals surface area contributed by atoms with Crippen LogP contribution in [0, 0.1) is 0 Å². The van der Waals surface area contributed by atoms with Crippen molar-refractivity contribution >= 4 is 34.0 Å². The van der Waals surface area contributed by atoms with Crippen molar-refractivity contribution < 1.29 is 0 Å². The van der Waals surface area contributed by atoms with Crippen molar-refractivity contribution in [3.8, 4) is 0 Å². The van der Waals surface area contributed by atoms with Gasteiger partial charge >= 0.3 is 0 Å². The molecule has 0 unspecified atom stereocenters. The molecule has 2 aromatic carbocycles. The molecular formula is C16H18N2S2. The minimum atomic E-state index is 0.766. The molecule has 0 aliphatic heterocycles. The van der Waals surface area contributed by atoms with E-state index in [9.17, 15) is 0 Å². The number of hydrogen-bond acceptors (Lipinski definition) is 3. The van der Waals surface area contributed by atoms with E-state index < -0.39 is 0 Å². The molecule has 0 aliphatic rings. The van der Waals surface area contributed by atoms with Crippen molar-refractivity contribution in [3.63, 3.8) is 0 Å². The molecule has 0 atom stereocenters. The van der Waals surface area contributed by atoms with Crippen LogP contribution in [0.5, 0.6) is 0 Å². The molecule has 4 heteroatoms. The Morgan fingerprint density at radius 3 is 2.30 bits per heavy atom. The number of benzene rings is 2. The first-order chi connectivity index (χ1) is 9.65. The summed E-state index contributed by atoms with van der Waals surface area (Å²) in [7, 11) is 4.07. The Morgan fingerprint density at radius 1 is 1.05 bits per heavy atom. The maximum absolute atomic E-state index is 5.36. The van der Waals surface area contributed by atoms with Crippen molar-refractivity contribution in [2.24, 2.45) is 0 Å². The second-order valence-electron chi connectivity index (χ2n) is 4.62. The molecule has 0 saturated carbocycles. The highest BCUT2D eigenvalue weighted by Crippen LogP contribution is 2.22. The lowest BCUT2D eigenvalue weighted by molar-refractivity contribution is 0.939. The summed E-state index contributed by atoms with van der Waals surface area (Å²) in [6.07, 6.45) is 0. The average Bonchev–Trinajstić information content (AvgIpc) is 2.47. The van der Waals surface area contributed by atoms with E-state index in [-0.39, 0.29) is 0 Å². The van der Waals surface area contributed by atoms with E-state index in [0.717, 1.165) is 15.8 Å². The van der Waals surface area contributed by atoms with Gasteiger partial charge in [0.2, 0.25) is 0 Å². The molecule has 2 rings (SSSR count). The van der Waals surface area contributed by atoms with E-state index in [1.165, 1.54) is 11.3 Å². The minimum Gasteiger partial charge on any atom is -0.378 e. The number of thioether (sulfide) groups is 1. The first-order valence-corrected chi connectivity index (χ1v) is 7.64. The Bertz CT molecular complexity index is 550. The molecule has 0 heterocycles. The summed E-state index contributed by atoms with van der Waals surface area (Å²) >= 11 is 6.95. The Kier molecular flexibility index (Phi) is 5.44. The Morgan fingerprint density at radius 2 is 1.70 bits per heavy atom. The predicted molar refractivity (Wildman–Crippen MR) is 92.5 cm³/mol. The number of rotatable bonds is 4. The lowest BCUT2D eigenvalue weighted by Crippen LogP contribution is -2.17. The van der Waals surface area contributed by atoms with Gasteiger partial charge in [-0.3, -0.25) is 0 Å². The van der Waals surface area contributed by atoms with Crippen LogP contribution in [0.3, 0.4) is 0 Å². The highest BCUT2D eigenvalue weighted by atomic mass is 32.2. The van der Waals surface area contributed by atoms with Crippen molar-refractivity contribution in [2.75, 3.05) is 19.0 Å². The topological polar surface area (TPSA) is 15.3 Å². The van der Waals surface area contributed by atoms with Crippen LogP contribution in [-0.2, 0) is 6.54 Å². The quantitative estimate of drug-likeness (QED) is 0.680. The van der Waals surface area contributed by atoms with Crippen LogP contribution in [0.15, 0.2) is 59.5 Å². The van der Waals surface area contributed by atoms with Crippen LogP contribution in [-0.4, -0.2) is 18.4 Å². The third-order valence-electron chi connectivity index (χ3n) is 2.84. The van der Waals surface area contributed by atoms with Gasteiger partial charge in [-0.2, -0.15) is 0 Å². The molecule has 0 aromatic heterocycles. The van der Waals surface area contributed by atoms with Crippen LogP contribution in [0.2, 0.25) is 0 Å². The normalized spacial score (nSPS) is 10.1. The largest absolute Gasteiger partial charge is 0.378 e. The summed E-state index contributed by atoms with van der Waals surface area (Å²) in [4.78, 5) is 3.24. The molecule has 0 amide bonds. The molecule has 0 spiro atoms. The SMILES string of the molecule is CN(C)c1ccc(SC(=S)NCc2ccccc2)cc1. The molecule has 2 aromatic rings. The fraction of sp³-hybridized carbons (Fsp3) is 0.188. The molecule has 1 N–H and O–H groups in total. The monoisotopic (exact) mass is 302 g/mol. The summed E-state index contributed by atoms with van der Waals surface area (Å²) in [5, 5.41) is 3.27. The van der Waals surface area contributed by atoms with Crippen LogP contribution < -0.4 is 10.2 Å². The zero-order valence-corrected chi connectivity index (χ0v) is 13.3. The molecule has 0 radical (unpaired) electrons. The van der Waals surface area contributed by atoms with E-state index in [1.54, 1.807) is 11.8 Å².